The topological polar surface area (TPSA) is 112 Å². The van der Waals surface area contributed by atoms with E-state index >= 15 is 0 Å². The van der Waals surface area contributed by atoms with Gasteiger partial charge in [0.05, 0.1) is 28.3 Å². The highest BCUT2D eigenvalue weighted by Crippen LogP contribution is 2.29. The number of imidazole rings is 1. The molecule has 0 saturated heterocycles. The average Bonchev–Trinajstić information content (AvgIpc) is 3.45. The van der Waals surface area contributed by atoms with E-state index in [1.165, 1.54) is 11.3 Å². The lowest BCUT2D eigenvalue weighted by Gasteiger charge is -2.08. The van der Waals surface area contributed by atoms with E-state index in [9.17, 15) is 4.79 Å². The summed E-state index contributed by atoms with van der Waals surface area (Å²) in [5.41, 5.74) is 4.17. The van der Waals surface area contributed by atoms with Crippen molar-refractivity contribution < 1.29 is 4.79 Å². The Morgan fingerprint density at radius 2 is 1.89 bits per heavy atom. The lowest BCUT2D eigenvalue weighted by Crippen LogP contribution is -2.27. The van der Waals surface area contributed by atoms with Gasteiger partial charge in [0.2, 0.25) is 5.82 Å². The number of fused-ring (bicyclic) bond motifs is 2. The molecule has 1 atom stereocenters. The highest BCUT2D eigenvalue weighted by molar-refractivity contribution is 7.09. The van der Waals surface area contributed by atoms with E-state index in [1.54, 1.807) is 18.6 Å². The molecule has 0 unspecified atom stereocenters. The van der Waals surface area contributed by atoms with Gasteiger partial charge in [-0.1, -0.05) is 0 Å². The summed E-state index contributed by atoms with van der Waals surface area (Å²) in [5, 5.41) is 12.9. The maximum absolute atomic E-state index is 12.6. The lowest BCUT2D eigenvalue weighted by molar-refractivity contribution is 0.0930. The normalized spacial score (nSPS) is 12.5. The zero-order chi connectivity index (χ0) is 19.1. The number of thiazole rings is 1. The van der Waals surface area contributed by atoms with E-state index in [4.69, 9.17) is 0 Å². The van der Waals surface area contributed by atoms with Crippen LogP contribution >= 0.6 is 11.3 Å². The first-order chi connectivity index (χ1) is 13.7. The van der Waals surface area contributed by atoms with Crippen LogP contribution in [-0.4, -0.2) is 36.0 Å². The molecule has 0 aliphatic rings. The van der Waals surface area contributed by atoms with Crippen LogP contribution in [0.15, 0.2) is 48.2 Å². The van der Waals surface area contributed by atoms with Gasteiger partial charge < -0.3 is 10.4 Å². The summed E-state index contributed by atoms with van der Waals surface area (Å²) in [6.45, 7) is 1.89. The molecule has 0 bridgehead atoms. The third-order valence-electron chi connectivity index (χ3n) is 4.50. The van der Waals surface area contributed by atoms with Gasteiger partial charge in [0.25, 0.3) is 5.91 Å². The molecular weight excluding hydrogens is 374 g/mol. The molecule has 3 N–H and O–H groups in total. The predicted molar refractivity (Wildman–Crippen MR) is 107 cm³/mol. The molecule has 5 rings (SSSR count). The van der Waals surface area contributed by atoms with E-state index in [0.29, 0.717) is 11.0 Å². The first kappa shape index (κ1) is 16.6. The summed E-state index contributed by atoms with van der Waals surface area (Å²) in [7, 11) is 0. The van der Waals surface area contributed by atoms with Gasteiger partial charge in [-0.25, -0.2) is 15.0 Å². The second-order valence-electron chi connectivity index (χ2n) is 6.36. The fraction of sp³-hybridized carbons (Fsp3) is 0.105. The molecular formula is C19H15N7OS. The van der Waals surface area contributed by atoms with Crippen LogP contribution in [-0.2, 0) is 0 Å². The van der Waals surface area contributed by atoms with Gasteiger partial charge in [0.15, 0.2) is 0 Å². The zero-order valence-electron chi connectivity index (χ0n) is 14.8. The number of rotatable bonds is 4. The number of carbonyl (C=O) groups excluding carboxylic acids is 1. The minimum atomic E-state index is -0.316. The lowest BCUT2D eigenvalue weighted by atomic mass is 10.1. The third kappa shape index (κ3) is 2.81. The van der Waals surface area contributed by atoms with Crippen LogP contribution in [0.25, 0.3) is 33.2 Å². The second-order valence-corrected chi connectivity index (χ2v) is 7.29. The van der Waals surface area contributed by atoms with Gasteiger partial charge in [0.1, 0.15) is 5.01 Å². The minimum absolute atomic E-state index is 0.153. The van der Waals surface area contributed by atoms with Crippen molar-refractivity contribution in [3.8, 4) is 11.3 Å². The molecule has 9 heteroatoms. The van der Waals surface area contributed by atoms with Crippen molar-refractivity contribution in [3.63, 3.8) is 0 Å². The maximum atomic E-state index is 12.6. The van der Waals surface area contributed by atoms with E-state index in [1.807, 2.05) is 36.6 Å². The number of pyridine rings is 1. The Labute approximate surface area is 163 Å². The van der Waals surface area contributed by atoms with Gasteiger partial charge in [-0.2, -0.15) is 0 Å². The highest BCUT2D eigenvalue weighted by Gasteiger charge is 2.18. The Morgan fingerprint density at radius 3 is 2.64 bits per heavy atom. The predicted octanol–water partition coefficient (Wildman–Crippen LogP) is 3.45. The van der Waals surface area contributed by atoms with Crippen LogP contribution in [0.4, 0.5) is 0 Å². The molecule has 0 saturated carbocycles. The quantitative estimate of drug-likeness (QED) is 0.436. The van der Waals surface area contributed by atoms with Crippen molar-refractivity contribution >= 4 is 39.2 Å². The highest BCUT2D eigenvalue weighted by atomic mass is 32.1. The number of aromatic amines is 2. The first-order valence-electron chi connectivity index (χ1n) is 8.67. The maximum Gasteiger partial charge on any atom is 0.289 e. The van der Waals surface area contributed by atoms with E-state index in [-0.39, 0.29) is 17.8 Å². The Morgan fingerprint density at radius 1 is 1.11 bits per heavy atom. The zero-order valence-corrected chi connectivity index (χ0v) is 15.6. The molecule has 0 aliphatic heterocycles. The molecule has 0 aliphatic carbocycles. The van der Waals surface area contributed by atoms with Crippen molar-refractivity contribution in [2.24, 2.45) is 0 Å². The number of hydrogen-bond donors (Lipinski definition) is 3. The Kier molecular flexibility index (Phi) is 3.87. The molecule has 5 aromatic rings. The minimum Gasteiger partial charge on any atom is -0.340 e. The summed E-state index contributed by atoms with van der Waals surface area (Å²) in [4.78, 5) is 29.7. The van der Waals surface area contributed by atoms with Gasteiger partial charge in [-0.05, 0) is 31.2 Å². The Balaban J connectivity index is 1.50. The fourth-order valence-electron chi connectivity index (χ4n) is 3.14. The largest absolute Gasteiger partial charge is 0.340 e. The van der Waals surface area contributed by atoms with Crippen LogP contribution in [0, 0.1) is 0 Å². The first-order valence-corrected chi connectivity index (χ1v) is 9.55. The van der Waals surface area contributed by atoms with Crippen LogP contribution < -0.4 is 5.32 Å². The van der Waals surface area contributed by atoms with Crippen LogP contribution in [0.5, 0.6) is 0 Å². The second kappa shape index (κ2) is 6.54. The van der Waals surface area contributed by atoms with Gasteiger partial charge in [-0.15, -0.1) is 11.3 Å². The van der Waals surface area contributed by atoms with Crippen molar-refractivity contribution in [2.45, 2.75) is 13.0 Å². The molecule has 1 aromatic carbocycles. The number of aromatic nitrogens is 6. The number of H-pyrrole nitrogens is 2. The van der Waals surface area contributed by atoms with Crippen LogP contribution in [0.3, 0.4) is 0 Å². The summed E-state index contributed by atoms with van der Waals surface area (Å²) < 4.78 is 0. The SMILES string of the molecule is C[C@@H](NC(=O)c1nc2cc3[nH][nH]c(-c4ccncc4)c3cc2n1)c1nccs1. The number of hydrogen-bond acceptors (Lipinski definition) is 6. The molecule has 8 nitrogen and oxygen atoms in total. The third-order valence-corrected chi connectivity index (χ3v) is 5.46. The molecule has 28 heavy (non-hydrogen) atoms. The van der Waals surface area contributed by atoms with E-state index < -0.39 is 0 Å². The van der Waals surface area contributed by atoms with Crippen molar-refractivity contribution in [1.29, 1.82) is 0 Å². The summed E-state index contributed by atoms with van der Waals surface area (Å²) in [6, 6.07) is 7.48. The monoisotopic (exact) mass is 389 g/mol. The Bertz CT molecular complexity index is 1270. The number of amides is 1. The van der Waals surface area contributed by atoms with Crippen molar-refractivity contribution in [3.05, 3.63) is 59.1 Å². The average molecular weight is 389 g/mol. The number of benzene rings is 1. The summed E-state index contributed by atoms with van der Waals surface area (Å²) >= 11 is 1.50. The smallest absolute Gasteiger partial charge is 0.289 e. The number of nitrogens with one attached hydrogen (secondary N) is 3. The number of nitrogens with zero attached hydrogens (tertiary/aromatic N) is 4. The van der Waals surface area contributed by atoms with Crippen molar-refractivity contribution in [1.82, 2.24) is 35.5 Å². The molecule has 4 heterocycles. The summed E-state index contributed by atoms with van der Waals surface area (Å²) in [5.74, 6) is -0.163. The fourth-order valence-corrected chi connectivity index (χ4v) is 3.78. The standard InChI is InChI=1S/C19H15N7OS/c1-10(19-21-6-7-28-19)22-18(27)17-23-14-8-12-13(9-15(14)24-17)25-26-16(12)11-2-4-20-5-3-11/h2-10,25-26H,1H3,(H,22,27)/t10-/m1/s1. The molecule has 0 fully saturated rings. The molecule has 138 valence electrons. The van der Waals surface area contributed by atoms with E-state index in [0.717, 1.165) is 27.2 Å². The van der Waals surface area contributed by atoms with Crippen LogP contribution in [0.2, 0.25) is 0 Å². The molecule has 0 spiro atoms. The summed E-state index contributed by atoms with van der Waals surface area (Å²) in [6.07, 6.45) is 5.21. The van der Waals surface area contributed by atoms with E-state index in [2.05, 4.69) is 35.5 Å². The van der Waals surface area contributed by atoms with Gasteiger partial charge in [-0.3, -0.25) is 14.9 Å². The molecule has 4 aromatic heterocycles. The van der Waals surface area contributed by atoms with Crippen LogP contribution in [0.1, 0.15) is 28.6 Å². The number of carbonyl (C=O) groups is 1. The van der Waals surface area contributed by atoms with Gasteiger partial charge >= 0.3 is 0 Å². The van der Waals surface area contributed by atoms with Crippen molar-refractivity contribution in [2.75, 3.05) is 0 Å². The van der Waals surface area contributed by atoms with Gasteiger partial charge in [0, 0.05) is 34.9 Å². The molecule has 0 radical (unpaired) electrons. The Hall–Kier alpha value is -3.59. The molecule has 1 amide bonds.